The quantitative estimate of drug-likeness (QED) is 0.542. The molecule has 1 rings (SSSR count). The predicted octanol–water partition coefficient (Wildman–Crippen LogP) is 2.72. The normalized spacial score (nSPS) is 9.08. The van der Waals surface area contributed by atoms with E-state index in [-0.39, 0.29) is 5.75 Å². The summed E-state index contributed by atoms with van der Waals surface area (Å²) >= 11 is 9.66. The van der Waals surface area contributed by atoms with Crippen LogP contribution < -0.4 is 0 Å². The Morgan fingerprint density at radius 3 is 2.85 bits per heavy atom. The van der Waals surface area contributed by atoms with Crippen molar-refractivity contribution in [2.45, 2.75) is 6.42 Å². The molecule has 13 heavy (non-hydrogen) atoms. The van der Waals surface area contributed by atoms with Gasteiger partial charge in [0.05, 0.1) is 5.02 Å². The molecule has 0 bridgehead atoms. The predicted molar refractivity (Wildman–Crippen MR) is 58.5 cm³/mol. The molecule has 1 aromatic carbocycles. The van der Waals surface area contributed by atoms with E-state index in [1.165, 1.54) is 0 Å². The van der Waals surface area contributed by atoms with Gasteiger partial charge in [0.25, 0.3) is 0 Å². The lowest BCUT2D eigenvalue weighted by Crippen LogP contribution is -1.75. The fourth-order valence-electron chi connectivity index (χ4n) is 0.811. The summed E-state index contributed by atoms with van der Waals surface area (Å²) < 4.78 is 0. The van der Waals surface area contributed by atoms with E-state index < -0.39 is 0 Å². The van der Waals surface area contributed by atoms with Crippen molar-refractivity contribution in [3.8, 4) is 17.6 Å². The van der Waals surface area contributed by atoms with Crippen molar-refractivity contribution in [2.24, 2.45) is 0 Å². The van der Waals surface area contributed by atoms with Crippen LogP contribution in [0.4, 0.5) is 0 Å². The number of aromatic hydroxyl groups is 1. The smallest absolute Gasteiger partial charge is 0.135 e. The Morgan fingerprint density at radius 1 is 1.46 bits per heavy atom. The summed E-state index contributed by atoms with van der Waals surface area (Å²) in [6.07, 6.45) is 0.743. The molecule has 0 aliphatic rings. The van der Waals surface area contributed by atoms with E-state index >= 15 is 0 Å². The number of benzene rings is 1. The third-order valence-corrected chi connectivity index (χ3v) is 1.96. The minimum atomic E-state index is 0.0688. The third kappa shape index (κ3) is 3.22. The molecule has 0 atom stereocenters. The molecule has 3 heteroatoms. The highest BCUT2D eigenvalue weighted by atomic mass is 35.5. The molecule has 0 saturated carbocycles. The number of phenolic OH excluding ortho intramolecular Hbond substituents is 1. The van der Waals surface area contributed by atoms with Gasteiger partial charge in [-0.15, -0.1) is 0 Å². The molecule has 0 heterocycles. The molecule has 0 aromatic heterocycles. The van der Waals surface area contributed by atoms with Crippen LogP contribution in [0.1, 0.15) is 12.0 Å². The first-order chi connectivity index (χ1) is 6.24. The zero-order chi connectivity index (χ0) is 9.68. The molecule has 1 N–H and O–H groups in total. The summed E-state index contributed by atoms with van der Waals surface area (Å²) in [6, 6.07) is 4.95. The molecular weight excluding hydrogens is 204 g/mol. The number of hydrogen-bond acceptors (Lipinski definition) is 2. The molecule has 0 amide bonds. The lowest BCUT2D eigenvalue weighted by Gasteiger charge is -1.95. The second-order valence-electron chi connectivity index (χ2n) is 2.44. The highest BCUT2D eigenvalue weighted by Gasteiger charge is 1.96. The first-order valence-electron chi connectivity index (χ1n) is 3.82. The number of rotatable bonds is 1. The van der Waals surface area contributed by atoms with Crippen molar-refractivity contribution in [3.05, 3.63) is 28.8 Å². The van der Waals surface area contributed by atoms with Crippen molar-refractivity contribution >= 4 is 24.2 Å². The fraction of sp³-hybridized carbons (Fsp3) is 0.200. The molecule has 0 unspecified atom stereocenters. The Labute approximate surface area is 88.1 Å². The van der Waals surface area contributed by atoms with E-state index in [0.717, 1.165) is 17.7 Å². The molecule has 1 aromatic rings. The Hall–Kier alpha value is -0.780. The van der Waals surface area contributed by atoms with Gasteiger partial charge < -0.3 is 5.11 Å². The van der Waals surface area contributed by atoms with Crippen LogP contribution in [0.2, 0.25) is 5.02 Å². The Kier molecular flexibility index (Phi) is 4.01. The van der Waals surface area contributed by atoms with Crippen molar-refractivity contribution in [1.82, 2.24) is 0 Å². The zero-order valence-electron chi connectivity index (χ0n) is 6.92. The second kappa shape index (κ2) is 5.06. The SMILES string of the molecule is Oc1cc(C#CCCS)ccc1Cl. The number of phenols is 1. The molecule has 0 aliphatic carbocycles. The van der Waals surface area contributed by atoms with Gasteiger partial charge in [0.1, 0.15) is 5.75 Å². The van der Waals surface area contributed by atoms with Crippen molar-refractivity contribution < 1.29 is 5.11 Å². The van der Waals surface area contributed by atoms with Gasteiger partial charge in [-0.25, -0.2) is 0 Å². The molecule has 1 nitrogen and oxygen atoms in total. The highest BCUT2D eigenvalue weighted by molar-refractivity contribution is 7.80. The van der Waals surface area contributed by atoms with E-state index in [1.807, 2.05) is 0 Å². The van der Waals surface area contributed by atoms with Crippen LogP contribution in [0.3, 0.4) is 0 Å². The second-order valence-corrected chi connectivity index (χ2v) is 3.30. The standard InChI is InChI=1S/C10H9ClOS/c11-9-5-4-8(7-10(9)12)3-1-2-6-13/h4-5,7,12-13H,2,6H2. The van der Waals surface area contributed by atoms with Crippen molar-refractivity contribution in [1.29, 1.82) is 0 Å². The van der Waals surface area contributed by atoms with Gasteiger partial charge in [0.15, 0.2) is 0 Å². The largest absolute Gasteiger partial charge is 0.506 e. The molecular formula is C10H9ClOS. The van der Waals surface area contributed by atoms with Crippen LogP contribution in [-0.2, 0) is 0 Å². The van der Waals surface area contributed by atoms with Crippen molar-refractivity contribution in [2.75, 3.05) is 5.75 Å². The van der Waals surface area contributed by atoms with Crippen LogP contribution in [-0.4, -0.2) is 10.9 Å². The summed E-state index contributed by atoms with van der Waals surface area (Å²) in [7, 11) is 0. The average molecular weight is 213 g/mol. The molecule has 0 fully saturated rings. The lowest BCUT2D eigenvalue weighted by atomic mass is 10.2. The topological polar surface area (TPSA) is 20.2 Å². The van der Waals surface area contributed by atoms with Crippen molar-refractivity contribution in [3.63, 3.8) is 0 Å². The van der Waals surface area contributed by atoms with Crippen LogP contribution in [0, 0.1) is 11.8 Å². The van der Waals surface area contributed by atoms with Gasteiger partial charge in [-0.1, -0.05) is 23.4 Å². The summed E-state index contributed by atoms with van der Waals surface area (Å²) in [4.78, 5) is 0. The van der Waals surface area contributed by atoms with Crippen LogP contribution >= 0.6 is 24.2 Å². The van der Waals surface area contributed by atoms with Gasteiger partial charge in [0, 0.05) is 17.7 Å². The van der Waals surface area contributed by atoms with Crippen LogP contribution in [0.5, 0.6) is 5.75 Å². The molecule has 0 saturated heterocycles. The Bertz CT molecular complexity index is 352. The summed E-state index contributed by atoms with van der Waals surface area (Å²) in [5.41, 5.74) is 0.767. The van der Waals surface area contributed by atoms with E-state index in [2.05, 4.69) is 24.5 Å². The van der Waals surface area contributed by atoms with E-state index in [4.69, 9.17) is 11.6 Å². The summed E-state index contributed by atoms with van der Waals surface area (Å²) in [6.45, 7) is 0. The maximum atomic E-state index is 9.24. The summed E-state index contributed by atoms with van der Waals surface area (Å²) in [5.74, 6) is 6.62. The fourth-order valence-corrected chi connectivity index (χ4v) is 1.04. The van der Waals surface area contributed by atoms with Gasteiger partial charge in [0.2, 0.25) is 0 Å². The maximum absolute atomic E-state index is 9.24. The molecule has 0 spiro atoms. The Morgan fingerprint density at radius 2 is 2.23 bits per heavy atom. The number of halogens is 1. The number of thiol groups is 1. The molecule has 0 radical (unpaired) electrons. The number of hydrogen-bond donors (Lipinski definition) is 2. The van der Waals surface area contributed by atoms with Crippen LogP contribution in [0.15, 0.2) is 18.2 Å². The van der Waals surface area contributed by atoms with E-state index in [0.29, 0.717) is 5.02 Å². The first kappa shape index (κ1) is 10.3. The average Bonchev–Trinajstić information content (AvgIpc) is 2.12. The van der Waals surface area contributed by atoms with Gasteiger partial charge in [-0.05, 0) is 18.2 Å². The van der Waals surface area contributed by atoms with Gasteiger partial charge in [-0.2, -0.15) is 12.6 Å². The van der Waals surface area contributed by atoms with Gasteiger partial charge in [-0.3, -0.25) is 0 Å². The van der Waals surface area contributed by atoms with E-state index in [1.54, 1.807) is 18.2 Å². The molecule has 0 aliphatic heterocycles. The lowest BCUT2D eigenvalue weighted by molar-refractivity contribution is 0.475. The molecule has 68 valence electrons. The first-order valence-corrected chi connectivity index (χ1v) is 4.83. The van der Waals surface area contributed by atoms with Crippen LogP contribution in [0.25, 0.3) is 0 Å². The minimum Gasteiger partial charge on any atom is -0.506 e. The minimum absolute atomic E-state index is 0.0688. The maximum Gasteiger partial charge on any atom is 0.135 e. The van der Waals surface area contributed by atoms with Gasteiger partial charge >= 0.3 is 0 Å². The van der Waals surface area contributed by atoms with E-state index in [9.17, 15) is 5.11 Å². The Balaban J connectivity index is 2.81. The third-order valence-electron chi connectivity index (χ3n) is 1.42. The highest BCUT2D eigenvalue weighted by Crippen LogP contribution is 2.23. The summed E-state index contributed by atoms with van der Waals surface area (Å²) in [5, 5.41) is 9.59. The zero-order valence-corrected chi connectivity index (χ0v) is 8.57. The monoisotopic (exact) mass is 212 g/mol.